The van der Waals surface area contributed by atoms with Crippen LogP contribution in [0.5, 0.6) is 0 Å². The molecule has 0 aromatic heterocycles. The van der Waals surface area contributed by atoms with Crippen LogP contribution in [0.2, 0.25) is 5.02 Å². The summed E-state index contributed by atoms with van der Waals surface area (Å²) in [5.41, 5.74) is 1.75. The molecule has 0 saturated heterocycles. The van der Waals surface area contributed by atoms with Gasteiger partial charge < -0.3 is 5.11 Å². The van der Waals surface area contributed by atoms with Gasteiger partial charge in [-0.15, -0.1) is 0 Å². The zero-order valence-corrected chi connectivity index (χ0v) is 12.3. The van der Waals surface area contributed by atoms with Crippen molar-refractivity contribution in [3.05, 3.63) is 34.3 Å². The third-order valence-electron chi connectivity index (χ3n) is 4.54. The van der Waals surface area contributed by atoms with Crippen LogP contribution in [0.4, 0.5) is 0 Å². The topological polar surface area (TPSA) is 20.2 Å². The molecule has 1 aromatic rings. The number of fused-ring (bicyclic) bond motifs is 1. The van der Waals surface area contributed by atoms with Crippen LogP contribution in [0.3, 0.4) is 0 Å². The number of benzene rings is 1. The summed E-state index contributed by atoms with van der Waals surface area (Å²) in [5.74, 6) is 0. The van der Waals surface area contributed by atoms with Gasteiger partial charge in [0.15, 0.2) is 0 Å². The van der Waals surface area contributed by atoms with E-state index in [9.17, 15) is 5.11 Å². The zero-order valence-electron chi connectivity index (χ0n) is 11.6. The van der Waals surface area contributed by atoms with Crippen LogP contribution < -0.4 is 0 Å². The summed E-state index contributed by atoms with van der Waals surface area (Å²) in [4.78, 5) is 0. The van der Waals surface area contributed by atoms with Gasteiger partial charge in [-0.1, -0.05) is 51.3 Å². The Balaban J connectivity index is 2.47. The van der Waals surface area contributed by atoms with E-state index in [0.29, 0.717) is 0 Å². The van der Waals surface area contributed by atoms with Gasteiger partial charge in [-0.3, -0.25) is 0 Å². The standard InChI is InChI=1S/C16H23ClO/c1-4-6-9-16(18)11-15(3,5-2)13-8-7-12(17)10-14(13)16/h7-8,10,18H,4-6,9,11H2,1-3H3/t15-,16+/m1/s1. The summed E-state index contributed by atoms with van der Waals surface area (Å²) in [6, 6.07) is 6.01. The largest absolute Gasteiger partial charge is 0.385 e. The lowest BCUT2D eigenvalue weighted by Gasteiger charge is -2.28. The number of hydrogen-bond donors (Lipinski definition) is 1. The van der Waals surface area contributed by atoms with Crippen molar-refractivity contribution in [3.63, 3.8) is 0 Å². The molecule has 0 bridgehead atoms. The quantitative estimate of drug-likeness (QED) is 0.831. The van der Waals surface area contributed by atoms with Crippen molar-refractivity contribution >= 4 is 11.6 Å². The predicted octanol–water partition coefficient (Wildman–Crippen LogP) is 4.79. The molecule has 2 heteroatoms. The van der Waals surface area contributed by atoms with E-state index in [0.717, 1.165) is 42.7 Å². The summed E-state index contributed by atoms with van der Waals surface area (Å²) in [6.07, 6.45) is 4.89. The Bertz CT molecular complexity index is 443. The molecule has 1 nitrogen and oxygen atoms in total. The Labute approximate surface area is 115 Å². The summed E-state index contributed by atoms with van der Waals surface area (Å²) < 4.78 is 0. The highest BCUT2D eigenvalue weighted by molar-refractivity contribution is 6.30. The van der Waals surface area contributed by atoms with Gasteiger partial charge in [0.2, 0.25) is 0 Å². The van der Waals surface area contributed by atoms with Gasteiger partial charge in [-0.05, 0) is 47.9 Å². The SMILES string of the molecule is CCCC[C@]1(O)C[C@@](C)(CC)c2ccc(Cl)cc21. The van der Waals surface area contributed by atoms with Gasteiger partial charge in [0.1, 0.15) is 0 Å². The second-order valence-corrected chi connectivity index (χ2v) is 6.35. The van der Waals surface area contributed by atoms with Crippen molar-refractivity contribution in [2.75, 3.05) is 0 Å². The molecule has 1 aliphatic rings. The Hall–Kier alpha value is -0.530. The minimum absolute atomic E-state index is 0.0857. The molecule has 0 heterocycles. The highest BCUT2D eigenvalue weighted by atomic mass is 35.5. The molecule has 0 radical (unpaired) electrons. The van der Waals surface area contributed by atoms with Crippen LogP contribution in [-0.2, 0) is 11.0 Å². The van der Waals surface area contributed by atoms with Crippen LogP contribution >= 0.6 is 11.6 Å². The first kappa shape index (κ1) is 13.9. The lowest BCUT2D eigenvalue weighted by Crippen LogP contribution is -2.26. The van der Waals surface area contributed by atoms with Gasteiger partial charge in [0, 0.05) is 5.02 Å². The van der Waals surface area contributed by atoms with E-state index in [1.165, 1.54) is 5.56 Å². The number of unbranched alkanes of at least 4 members (excludes halogenated alkanes) is 1. The Morgan fingerprint density at radius 3 is 2.61 bits per heavy atom. The Morgan fingerprint density at radius 2 is 2.00 bits per heavy atom. The molecule has 1 aromatic carbocycles. The summed E-state index contributed by atoms with van der Waals surface area (Å²) in [6.45, 7) is 6.61. The van der Waals surface area contributed by atoms with E-state index >= 15 is 0 Å². The number of halogens is 1. The summed E-state index contributed by atoms with van der Waals surface area (Å²) in [5, 5.41) is 11.7. The van der Waals surface area contributed by atoms with E-state index < -0.39 is 5.60 Å². The fourth-order valence-electron chi connectivity index (χ4n) is 3.27. The van der Waals surface area contributed by atoms with Gasteiger partial charge in [-0.25, -0.2) is 0 Å². The van der Waals surface area contributed by atoms with Crippen molar-refractivity contribution < 1.29 is 5.11 Å². The first-order chi connectivity index (χ1) is 8.45. The second kappa shape index (κ2) is 4.86. The molecule has 0 amide bonds. The third-order valence-corrected chi connectivity index (χ3v) is 4.78. The van der Waals surface area contributed by atoms with Crippen LogP contribution in [0.1, 0.15) is 64.0 Å². The van der Waals surface area contributed by atoms with Crippen molar-refractivity contribution in [1.29, 1.82) is 0 Å². The van der Waals surface area contributed by atoms with Gasteiger partial charge in [0.25, 0.3) is 0 Å². The Kier molecular flexibility index (Phi) is 3.75. The van der Waals surface area contributed by atoms with Crippen LogP contribution in [0, 0.1) is 0 Å². The molecule has 0 fully saturated rings. The van der Waals surface area contributed by atoms with Crippen LogP contribution in [0.15, 0.2) is 18.2 Å². The average molecular weight is 267 g/mol. The lowest BCUT2D eigenvalue weighted by molar-refractivity contribution is 0.0125. The minimum Gasteiger partial charge on any atom is -0.385 e. The van der Waals surface area contributed by atoms with Crippen molar-refractivity contribution in [2.24, 2.45) is 0 Å². The molecule has 18 heavy (non-hydrogen) atoms. The monoisotopic (exact) mass is 266 g/mol. The molecule has 100 valence electrons. The minimum atomic E-state index is -0.680. The maximum absolute atomic E-state index is 11.0. The fraction of sp³-hybridized carbons (Fsp3) is 0.625. The van der Waals surface area contributed by atoms with Crippen LogP contribution in [0.25, 0.3) is 0 Å². The lowest BCUT2D eigenvalue weighted by atomic mass is 9.80. The first-order valence-corrected chi connectivity index (χ1v) is 7.36. The molecule has 1 aliphatic carbocycles. The van der Waals surface area contributed by atoms with E-state index in [1.807, 2.05) is 12.1 Å². The van der Waals surface area contributed by atoms with E-state index in [4.69, 9.17) is 11.6 Å². The summed E-state index contributed by atoms with van der Waals surface area (Å²) in [7, 11) is 0. The zero-order chi connectivity index (χ0) is 13.4. The van der Waals surface area contributed by atoms with E-state index in [-0.39, 0.29) is 5.41 Å². The first-order valence-electron chi connectivity index (χ1n) is 6.98. The van der Waals surface area contributed by atoms with Crippen molar-refractivity contribution in [1.82, 2.24) is 0 Å². The average Bonchev–Trinajstić information content (AvgIpc) is 2.57. The molecule has 0 spiro atoms. The highest BCUT2D eigenvalue weighted by Gasteiger charge is 2.47. The smallest absolute Gasteiger partial charge is 0.0908 e. The molecular formula is C16H23ClO. The van der Waals surface area contributed by atoms with E-state index in [2.05, 4.69) is 26.8 Å². The third kappa shape index (κ3) is 2.19. The maximum Gasteiger partial charge on any atom is 0.0908 e. The van der Waals surface area contributed by atoms with Gasteiger partial charge in [-0.2, -0.15) is 0 Å². The van der Waals surface area contributed by atoms with Crippen molar-refractivity contribution in [3.8, 4) is 0 Å². The predicted molar refractivity (Wildman–Crippen MR) is 77.1 cm³/mol. The molecular weight excluding hydrogens is 244 g/mol. The summed E-state index contributed by atoms with van der Waals surface area (Å²) >= 11 is 6.11. The molecule has 2 atom stereocenters. The molecule has 1 N–H and O–H groups in total. The van der Waals surface area contributed by atoms with Gasteiger partial charge in [0.05, 0.1) is 5.60 Å². The second-order valence-electron chi connectivity index (χ2n) is 5.92. The number of aliphatic hydroxyl groups is 1. The van der Waals surface area contributed by atoms with E-state index in [1.54, 1.807) is 0 Å². The maximum atomic E-state index is 11.0. The Morgan fingerprint density at radius 1 is 1.28 bits per heavy atom. The number of hydrogen-bond acceptors (Lipinski definition) is 1. The molecule has 2 rings (SSSR count). The molecule has 0 unspecified atom stereocenters. The molecule has 0 aliphatic heterocycles. The fourth-order valence-corrected chi connectivity index (χ4v) is 3.44. The van der Waals surface area contributed by atoms with Crippen molar-refractivity contribution in [2.45, 2.75) is 63.9 Å². The van der Waals surface area contributed by atoms with Gasteiger partial charge >= 0.3 is 0 Å². The van der Waals surface area contributed by atoms with Crippen LogP contribution in [-0.4, -0.2) is 5.11 Å². The molecule has 0 saturated carbocycles. The number of rotatable bonds is 4. The highest BCUT2D eigenvalue weighted by Crippen LogP contribution is 2.52. The normalized spacial score (nSPS) is 30.5.